The smallest absolute Gasteiger partial charge is 0.183 e. The topological polar surface area (TPSA) is 24.9 Å². The molecule has 0 aliphatic heterocycles. The maximum atomic E-state index is 5.94. The van der Waals surface area contributed by atoms with Crippen LogP contribution in [0, 0.1) is 0 Å². The molecule has 1 N–H and O–H groups in total. The molecule has 3 rings (SSSR count). The van der Waals surface area contributed by atoms with Crippen LogP contribution < -0.4 is 5.32 Å². The molecule has 0 atom stereocenters. The summed E-state index contributed by atoms with van der Waals surface area (Å²) in [5.41, 5.74) is 3.31. The van der Waals surface area contributed by atoms with E-state index >= 15 is 0 Å². The lowest BCUT2D eigenvalue weighted by Crippen LogP contribution is -1.98. The van der Waals surface area contributed by atoms with Crippen molar-refractivity contribution >= 4 is 39.4 Å². The van der Waals surface area contributed by atoms with E-state index in [9.17, 15) is 0 Å². The Labute approximate surface area is 124 Å². The second-order valence-corrected chi connectivity index (χ2v) is 6.42. The van der Waals surface area contributed by atoms with Crippen molar-refractivity contribution in [2.45, 2.75) is 6.54 Å². The van der Waals surface area contributed by atoms with Gasteiger partial charge in [-0.3, -0.25) is 0 Å². The molecule has 2 heterocycles. The molecular weight excluding hydrogens is 296 g/mol. The van der Waals surface area contributed by atoms with Crippen LogP contribution in [0.3, 0.4) is 0 Å². The number of nitrogens with zero attached hydrogens (tertiary/aromatic N) is 1. The monoisotopic (exact) mass is 306 g/mol. The van der Waals surface area contributed by atoms with Crippen LogP contribution in [0.5, 0.6) is 0 Å². The first-order valence-corrected chi connectivity index (χ1v) is 7.93. The normalized spacial score (nSPS) is 10.6. The van der Waals surface area contributed by atoms with Gasteiger partial charge < -0.3 is 5.32 Å². The zero-order valence-electron chi connectivity index (χ0n) is 9.97. The van der Waals surface area contributed by atoms with Gasteiger partial charge in [0.15, 0.2) is 5.13 Å². The van der Waals surface area contributed by atoms with Crippen LogP contribution in [-0.2, 0) is 6.54 Å². The van der Waals surface area contributed by atoms with Gasteiger partial charge >= 0.3 is 0 Å². The summed E-state index contributed by atoms with van der Waals surface area (Å²) in [6.45, 7) is 0.790. The van der Waals surface area contributed by atoms with Crippen molar-refractivity contribution in [2.24, 2.45) is 0 Å². The molecule has 0 unspecified atom stereocenters. The second kappa shape index (κ2) is 5.74. The highest BCUT2D eigenvalue weighted by molar-refractivity contribution is 7.15. The molecule has 0 fully saturated rings. The third-order valence-corrected chi connectivity index (χ3v) is 4.55. The molecule has 19 heavy (non-hydrogen) atoms. The Kier molecular flexibility index (Phi) is 3.82. The van der Waals surface area contributed by atoms with Crippen LogP contribution in [-0.4, -0.2) is 4.98 Å². The van der Waals surface area contributed by atoms with E-state index < -0.39 is 0 Å². The van der Waals surface area contributed by atoms with Gasteiger partial charge in [-0.15, -0.1) is 22.7 Å². The number of rotatable bonds is 4. The fourth-order valence-electron chi connectivity index (χ4n) is 1.71. The zero-order valence-corrected chi connectivity index (χ0v) is 12.4. The van der Waals surface area contributed by atoms with Gasteiger partial charge in [0.05, 0.1) is 10.0 Å². The average molecular weight is 307 g/mol. The highest BCUT2D eigenvalue weighted by atomic mass is 35.5. The van der Waals surface area contributed by atoms with E-state index in [0.29, 0.717) is 0 Å². The lowest BCUT2D eigenvalue weighted by molar-refractivity contribution is 1.14. The third-order valence-electron chi connectivity index (χ3n) is 2.65. The fourth-order valence-corrected chi connectivity index (χ4v) is 3.30. The Balaban J connectivity index is 1.68. The Morgan fingerprint density at radius 2 is 1.95 bits per heavy atom. The van der Waals surface area contributed by atoms with E-state index in [1.54, 1.807) is 11.3 Å². The summed E-state index contributed by atoms with van der Waals surface area (Å²) in [5, 5.41) is 8.34. The molecule has 2 nitrogen and oxygen atoms in total. The first-order valence-electron chi connectivity index (χ1n) is 5.79. The molecule has 3 aromatic rings. The van der Waals surface area contributed by atoms with Gasteiger partial charge in [0, 0.05) is 22.9 Å². The number of nitrogens with one attached hydrogen (secondary N) is 1. The summed E-state index contributed by atoms with van der Waals surface area (Å²) in [7, 11) is 0. The number of hydrogen-bond acceptors (Lipinski definition) is 4. The van der Waals surface area contributed by atoms with E-state index in [4.69, 9.17) is 11.6 Å². The van der Waals surface area contributed by atoms with Gasteiger partial charge in [0.25, 0.3) is 0 Å². The van der Waals surface area contributed by atoms with Gasteiger partial charge in [0.1, 0.15) is 0 Å². The summed E-state index contributed by atoms with van der Waals surface area (Å²) in [6, 6.07) is 12.2. The summed E-state index contributed by atoms with van der Waals surface area (Å²) >= 11 is 9.08. The van der Waals surface area contributed by atoms with Crippen molar-refractivity contribution < 1.29 is 0 Å². The Bertz CT molecular complexity index is 661. The minimum Gasteiger partial charge on any atom is -0.357 e. The predicted octanol–water partition coefficient (Wildman–Crippen LogP) is 5.14. The van der Waals surface area contributed by atoms with E-state index in [1.165, 1.54) is 16.9 Å². The van der Waals surface area contributed by atoms with Crippen LogP contribution in [0.4, 0.5) is 5.13 Å². The summed E-state index contributed by atoms with van der Waals surface area (Å²) in [5.74, 6) is 0. The van der Waals surface area contributed by atoms with Crippen LogP contribution in [0.2, 0.25) is 4.34 Å². The Morgan fingerprint density at radius 1 is 1.11 bits per heavy atom. The van der Waals surface area contributed by atoms with Crippen LogP contribution in [0.15, 0.2) is 47.2 Å². The van der Waals surface area contributed by atoms with E-state index in [2.05, 4.69) is 22.4 Å². The van der Waals surface area contributed by atoms with Crippen LogP contribution in [0.25, 0.3) is 11.3 Å². The van der Waals surface area contributed by atoms with Gasteiger partial charge in [-0.05, 0) is 11.6 Å². The molecular formula is C14H11ClN2S2. The maximum absolute atomic E-state index is 5.94. The quantitative estimate of drug-likeness (QED) is 0.722. The second-order valence-electron chi connectivity index (χ2n) is 4.02. The van der Waals surface area contributed by atoms with Gasteiger partial charge in [0.2, 0.25) is 0 Å². The molecule has 0 bridgehead atoms. The summed E-state index contributed by atoms with van der Waals surface area (Å²) in [4.78, 5) is 4.56. The lowest BCUT2D eigenvalue weighted by Gasteiger charge is -2.01. The molecule has 0 saturated heterocycles. The van der Waals surface area contributed by atoms with E-state index in [0.717, 1.165) is 27.3 Å². The minimum absolute atomic E-state index is 0.790. The Hall–Kier alpha value is -1.36. The highest BCUT2D eigenvalue weighted by Gasteiger charge is 2.06. The van der Waals surface area contributed by atoms with Crippen molar-refractivity contribution in [3.05, 3.63) is 57.1 Å². The lowest BCUT2D eigenvalue weighted by atomic mass is 10.2. The molecule has 0 amide bonds. The number of anilines is 1. The van der Waals surface area contributed by atoms with Gasteiger partial charge in [-0.25, -0.2) is 4.98 Å². The molecule has 5 heteroatoms. The van der Waals surface area contributed by atoms with Gasteiger partial charge in [-0.2, -0.15) is 0 Å². The number of hydrogen-bond donors (Lipinski definition) is 1. The molecule has 0 saturated carbocycles. The summed E-state index contributed by atoms with van der Waals surface area (Å²) < 4.78 is 0.793. The van der Waals surface area contributed by atoms with Crippen molar-refractivity contribution in [3.8, 4) is 11.3 Å². The number of halogens is 1. The summed E-state index contributed by atoms with van der Waals surface area (Å²) in [6.07, 6.45) is 0. The molecule has 96 valence electrons. The van der Waals surface area contributed by atoms with Crippen molar-refractivity contribution in [2.75, 3.05) is 5.32 Å². The van der Waals surface area contributed by atoms with Crippen LogP contribution >= 0.6 is 34.3 Å². The molecule has 0 radical (unpaired) electrons. The number of aromatic nitrogens is 1. The largest absolute Gasteiger partial charge is 0.357 e. The highest BCUT2D eigenvalue weighted by Crippen LogP contribution is 2.30. The van der Waals surface area contributed by atoms with Crippen molar-refractivity contribution in [1.29, 1.82) is 0 Å². The molecule has 0 spiro atoms. The number of thiophene rings is 1. The average Bonchev–Trinajstić information content (AvgIpc) is 3.06. The van der Waals surface area contributed by atoms with Crippen LogP contribution in [0.1, 0.15) is 5.56 Å². The standard InChI is InChI=1S/C14H11ClN2S2/c15-13-6-11(8-18-13)12-9-19-14(17-12)16-7-10-4-2-1-3-5-10/h1-6,8-9H,7H2,(H,16,17). The molecule has 0 aliphatic carbocycles. The molecule has 1 aromatic carbocycles. The minimum atomic E-state index is 0.790. The van der Waals surface area contributed by atoms with Gasteiger partial charge in [-0.1, -0.05) is 41.9 Å². The number of benzene rings is 1. The van der Waals surface area contributed by atoms with Crippen molar-refractivity contribution in [1.82, 2.24) is 4.98 Å². The fraction of sp³-hybridized carbons (Fsp3) is 0.0714. The Morgan fingerprint density at radius 3 is 2.68 bits per heavy atom. The molecule has 2 aromatic heterocycles. The number of thiazole rings is 1. The SMILES string of the molecule is Clc1cc(-c2csc(NCc3ccccc3)n2)cs1. The van der Waals surface area contributed by atoms with E-state index in [1.807, 2.05) is 35.0 Å². The maximum Gasteiger partial charge on any atom is 0.183 e. The zero-order chi connectivity index (χ0) is 13.1. The molecule has 0 aliphatic rings. The first kappa shape index (κ1) is 12.7. The van der Waals surface area contributed by atoms with Crippen molar-refractivity contribution in [3.63, 3.8) is 0 Å². The third kappa shape index (κ3) is 3.15. The first-order chi connectivity index (χ1) is 9.31. The predicted molar refractivity (Wildman–Crippen MR) is 84.2 cm³/mol. The van der Waals surface area contributed by atoms with E-state index in [-0.39, 0.29) is 0 Å².